The van der Waals surface area contributed by atoms with Crippen LogP contribution in [-0.4, -0.2) is 20.1 Å². The molecule has 3 heterocycles. The van der Waals surface area contributed by atoms with Crippen molar-refractivity contribution in [2.75, 3.05) is 0 Å². The van der Waals surface area contributed by atoms with E-state index in [-0.39, 0.29) is 13.2 Å². The molecule has 0 aliphatic rings. The zero-order valence-electron chi connectivity index (χ0n) is 13.9. The van der Waals surface area contributed by atoms with E-state index in [9.17, 15) is 14.7 Å². The van der Waals surface area contributed by atoms with Gasteiger partial charge in [-0.05, 0) is 12.1 Å². The molecule has 1 N–H and O–H groups in total. The second-order valence-electron chi connectivity index (χ2n) is 5.72. The van der Waals surface area contributed by atoms with Gasteiger partial charge < -0.3 is 18.7 Å². The molecule has 9 nitrogen and oxygen atoms in total. The Kier molecular flexibility index (Phi) is 4.17. The van der Waals surface area contributed by atoms with Crippen LogP contribution in [0.4, 0.5) is 0 Å². The topological polar surface area (TPSA) is 121 Å². The first kappa shape index (κ1) is 16.6. The van der Waals surface area contributed by atoms with Crippen molar-refractivity contribution in [1.29, 1.82) is 0 Å². The van der Waals surface area contributed by atoms with Gasteiger partial charge in [0.1, 0.15) is 42.2 Å². The van der Waals surface area contributed by atoms with Crippen molar-refractivity contribution in [3.05, 3.63) is 81.0 Å². The highest BCUT2D eigenvalue weighted by molar-refractivity contribution is 5.82. The fourth-order valence-corrected chi connectivity index (χ4v) is 2.52. The van der Waals surface area contributed by atoms with Crippen LogP contribution in [0.3, 0.4) is 0 Å². The quantitative estimate of drug-likeness (QED) is 0.529. The van der Waals surface area contributed by atoms with Crippen LogP contribution >= 0.6 is 0 Å². The smallest absolute Gasteiger partial charge is 0.339 e. The summed E-state index contributed by atoms with van der Waals surface area (Å²) in [5, 5.41) is 17.8. The van der Waals surface area contributed by atoms with Crippen LogP contribution in [0.2, 0.25) is 0 Å². The minimum Gasteiger partial charge on any atom is -0.502 e. The van der Waals surface area contributed by atoms with Gasteiger partial charge in [-0.15, -0.1) is 5.10 Å². The largest absolute Gasteiger partial charge is 0.502 e. The summed E-state index contributed by atoms with van der Waals surface area (Å²) >= 11 is 0. The molecule has 136 valence electrons. The number of rotatable bonds is 5. The van der Waals surface area contributed by atoms with Crippen LogP contribution in [0.5, 0.6) is 11.5 Å². The highest BCUT2D eigenvalue weighted by Gasteiger charge is 2.09. The van der Waals surface area contributed by atoms with E-state index in [1.54, 1.807) is 24.4 Å². The summed E-state index contributed by atoms with van der Waals surface area (Å²) in [7, 11) is 0. The molecule has 3 aromatic heterocycles. The van der Waals surface area contributed by atoms with Gasteiger partial charge in [0.25, 0.3) is 0 Å². The molecule has 1 aromatic carbocycles. The maximum absolute atomic E-state index is 11.6. The molecular weight excluding hydrogens is 354 g/mol. The van der Waals surface area contributed by atoms with Crippen LogP contribution in [0.25, 0.3) is 11.0 Å². The molecule has 0 saturated carbocycles. The third kappa shape index (κ3) is 3.56. The van der Waals surface area contributed by atoms with Gasteiger partial charge in [-0.3, -0.25) is 4.79 Å². The molecule has 0 bridgehead atoms. The molecule has 0 spiro atoms. The number of benzene rings is 1. The number of ether oxygens (including phenoxy) is 1. The van der Waals surface area contributed by atoms with Gasteiger partial charge in [-0.2, -0.15) is 0 Å². The SMILES string of the molecule is O=c1cc(OCc2cn(Cc3cc(=O)c(O)co3)nn2)c2ccccc2o1. The lowest BCUT2D eigenvalue weighted by molar-refractivity contribution is 0.302. The molecule has 4 aromatic rings. The second kappa shape index (κ2) is 6.79. The predicted octanol–water partition coefficient (Wildman–Crippen LogP) is 1.67. The Bertz CT molecular complexity index is 1220. The van der Waals surface area contributed by atoms with Crippen LogP contribution in [0.15, 0.2) is 67.3 Å². The van der Waals surface area contributed by atoms with Gasteiger partial charge in [0.2, 0.25) is 5.43 Å². The van der Waals surface area contributed by atoms with Crippen LogP contribution < -0.4 is 15.8 Å². The van der Waals surface area contributed by atoms with Crippen LogP contribution in [-0.2, 0) is 13.2 Å². The van der Waals surface area contributed by atoms with E-state index in [1.807, 2.05) is 6.07 Å². The summed E-state index contributed by atoms with van der Waals surface area (Å²) in [6.45, 7) is 0.257. The second-order valence-corrected chi connectivity index (χ2v) is 5.72. The first-order chi connectivity index (χ1) is 13.1. The number of aromatic hydroxyl groups is 1. The summed E-state index contributed by atoms with van der Waals surface area (Å²) < 4.78 is 17.4. The first-order valence-corrected chi connectivity index (χ1v) is 7.94. The molecule has 0 amide bonds. The minimum absolute atomic E-state index is 0.0903. The van der Waals surface area contributed by atoms with Crippen molar-refractivity contribution < 1.29 is 18.7 Å². The molecule has 4 rings (SSSR count). The molecule has 0 aliphatic carbocycles. The number of aromatic nitrogens is 3. The Morgan fingerprint density at radius 3 is 2.89 bits per heavy atom. The van der Waals surface area contributed by atoms with E-state index < -0.39 is 16.8 Å². The number of para-hydroxylation sites is 1. The fraction of sp³-hybridized carbons (Fsp3) is 0.111. The zero-order chi connectivity index (χ0) is 18.8. The Morgan fingerprint density at radius 2 is 2.04 bits per heavy atom. The highest BCUT2D eigenvalue weighted by atomic mass is 16.5. The van der Waals surface area contributed by atoms with Gasteiger partial charge >= 0.3 is 5.63 Å². The van der Waals surface area contributed by atoms with E-state index in [0.29, 0.717) is 28.2 Å². The molecule has 0 unspecified atom stereocenters. The minimum atomic E-state index is -0.533. The van der Waals surface area contributed by atoms with E-state index in [0.717, 1.165) is 6.26 Å². The Hall–Kier alpha value is -3.88. The van der Waals surface area contributed by atoms with Gasteiger partial charge in [0.05, 0.1) is 17.6 Å². The first-order valence-electron chi connectivity index (χ1n) is 7.94. The van der Waals surface area contributed by atoms with E-state index >= 15 is 0 Å². The number of hydrogen-bond donors (Lipinski definition) is 1. The van der Waals surface area contributed by atoms with Gasteiger partial charge in [-0.25, -0.2) is 9.48 Å². The monoisotopic (exact) mass is 367 g/mol. The van der Waals surface area contributed by atoms with Gasteiger partial charge in [0.15, 0.2) is 5.75 Å². The van der Waals surface area contributed by atoms with Gasteiger partial charge in [-0.1, -0.05) is 17.3 Å². The molecule has 0 atom stereocenters. The van der Waals surface area contributed by atoms with E-state index in [4.69, 9.17) is 13.6 Å². The molecule has 27 heavy (non-hydrogen) atoms. The summed E-state index contributed by atoms with van der Waals surface area (Å²) in [6.07, 6.45) is 2.60. The van der Waals surface area contributed by atoms with E-state index in [1.165, 1.54) is 16.8 Å². The standard InChI is InChI=1S/C18H13N3O6/c22-14-5-12(25-10-15(14)23)8-21-7-11(19-20-21)9-26-17-6-18(24)27-16-4-2-1-3-13(16)17/h1-7,10,23H,8-9H2. The molecule has 0 fully saturated rings. The van der Waals surface area contributed by atoms with Crippen molar-refractivity contribution in [2.45, 2.75) is 13.2 Å². The average Bonchev–Trinajstić information content (AvgIpc) is 3.10. The van der Waals surface area contributed by atoms with Crippen molar-refractivity contribution in [2.24, 2.45) is 0 Å². The maximum Gasteiger partial charge on any atom is 0.339 e. The molecule has 0 radical (unpaired) electrons. The Morgan fingerprint density at radius 1 is 1.19 bits per heavy atom. The fourth-order valence-electron chi connectivity index (χ4n) is 2.52. The van der Waals surface area contributed by atoms with Crippen LogP contribution in [0, 0.1) is 0 Å². The zero-order valence-corrected chi connectivity index (χ0v) is 13.9. The summed E-state index contributed by atoms with van der Waals surface area (Å²) in [5.41, 5.74) is -0.0797. The van der Waals surface area contributed by atoms with Crippen molar-refractivity contribution in [1.82, 2.24) is 15.0 Å². The molecular formula is C18H13N3O6. The number of fused-ring (bicyclic) bond motifs is 1. The molecule has 9 heteroatoms. The highest BCUT2D eigenvalue weighted by Crippen LogP contribution is 2.23. The maximum atomic E-state index is 11.6. The van der Waals surface area contributed by atoms with E-state index in [2.05, 4.69) is 10.3 Å². The molecule has 0 aliphatic heterocycles. The Balaban J connectivity index is 1.49. The summed E-state index contributed by atoms with van der Waals surface area (Å²) in [6, 6.07) is 9.52. The van der Waals surface area contributed by atoms with Crippen LogP contribution in [0.1, 0.15) is 11.5 Å². The van der Waals surface area contributed by atoms with Gasteiger partial charge in [0, 0.05) is 6.07 Å². The lowest BCUT2D eigenvalue weighted by Crippen LogP contribution is -2.05. The number of nitrogens with zero attached hydrogens (tertiary/aromatic N) is 3. The predicted molar refractivity (Wildman–Crippen MR) is 92.6 cm³/mol. The van der Waals surface area contributed by atoms with Crippen molar-refractivity contribution in [3.63, 3.8) is 0 Å². The third-order valence-electron chi connectivity index (χ3n) is 3.76. The van der Waals surface area contributed by atoms with Crippen molar-refractivity contribution >= 4 is 11.0 Å². The Labute approximate surface area is 151 Å². The lowest BCUT2D eigenvalue weighted by Gasteiger charge is -2.06. The summed E-state index contributed by atoms with van der Waals surface area (Å²) in [4.78, 5) is 23.1. The van der Waals surface area contributed by atoms with Crippen molar-refractivity contribution in [3.8, 4) is 11.5 Å². The summed E-state index contributed by atoms with van der Waals surface area (Å²) in [5.74, 6) is 0.258. The number of hydrogen-bond acceptors (Lipinski definition) is 8. The average molecular weight is 367 g/mol. The lowest BCUT2D eigenvalue weighted by atomic mass is 10.2. The molecule has 0 saturated heterocycles. The third-order valence-corrected chi connectivity index (χ3v) is 3.76. The normalized spacial score (nSPS) is 11.0.